The van der Waals surface area contributed by atoms with Crippen molar-refractivity contribution in [1.29, 1.82) is 0 Å². The van der Waals surface area contributed by atoms with Gasteiger partial charge >= 0.3 is 0 Å². The molecule has 0 saturated heterocycles. The molecule has 2 aromatic heterocycles. The molecule has 0 amide bonds. The molecule has 6 heteroatoms. The highest BCUT2D eigenvalue weighted by atomic mass is 32.2. The van der Waals surface area contributed by atoms with Crippen LogP contribution in [0.4, 0.5) is 0 Å². The Hall–Kier alpha value is -1.89. The maximum absolute atomic E-state index is 13.1. The van der Waals surface area contributed by atoms with E-state index < -0.39 is 10.0 Å². The van der Waals surface area contributed by atoms with Crippen LogP contribution in [0.3, 0.4) is 0 Å². The second-order valence-corrected chi connectivity index (χ2v) is 8.53. The van der Waals surface area contributed by atoms with E-state index in [0.717, 1.165) is 5.56 Å². The first-order valence-electron chi connectivity index (χ1n) is 7.67. The summed E-state index contributed by atoms with van der Waals surface area (Å²) in [5, 5.41) is 2.00. The van der Waals surface area contributed by atoms with E-state index >= 15 is 0 Å². The van der Waals surface area contributed by atoms with Crippen LogP contribution in [0.2, 0.25) is 0 Å². The predicted octanol–water partition coefficient (Wildman–Crippen LogP) is 4.08. The summed E-state index contributed by atoms with van der Waals surface area (Å²) in [5.74, 6) is 0.636. The Balaban J connectivity index is 1.87. The molecule has 0 fully saturated rings. The lowest BCUT2D eigenvalue weighted by Crippen LogP contribution is -2.32. The van der Waals surface area contributed by atoms with Crippen molar-refractivity contribution < 1.29 is 12.8 Å². The van der Waals surface area contributed by atoms with E-state index in [1.165, 1.54) is 9.18 Å². The van der Waals surface area contributed by atoms with E-state index in [0.29, 0.717) is 23.6 Å². The van der Waals surface area contributed by atoms with Crippen LogP contribution in [0, 0.1) is 6.92 Å². The fraction of sp³-hybridized carbons (Fsp3) is 0.222. The van der Waals surface area contributed by atoms with Gasteiger partial charge in [-0.15, -0.1) is 11.3 Å². The van der Waals surface area contributed by atoms with E-state index in [1.54, 1.807) is 47.9 Å². The topological polar surface area (TPSA) is 50.5 Å². The fourth-order valence-corrected chi connectivity index (χ4v) is 4.69. The Morgan fingerprint density at radius 3 is 2.67 bits per heavy atom. The van der Waals surface area contributed by atoms with Crippen molar-refractivity contribution in [2.45, 2.75) is 24.8 Å². The molecule has 0 aliphatic rings. The molecule has 0 aliphatic carbocycles. The van der Waals surface area contributed by atoms with Gasteiger partial charge in [0.25, 0.3) is 0 Å². The van der Waals surface area contributed by atoms with Gasteiger partial charge in [0.15, 0.2) is 0 Å². The number of aryl methyl sites for hydroxylation is 1. The Kier molecular flexibility index (Phi) is 5.18. The number of rotatable bonds is 7. The van der Waals surface area contributed by atoms with Crippen LogP contribution < -0.4 is 0 Å². The number of furan rings is 1. The molecule has 3 aromatic rings. The van der Waals surface area contributed by atoms with Crippen molar-refractivity contribution in [2.75, 3.05) is 6.54 Å². The molecule has 1 aromatic carbocycles. The van der Waals surface area contributed by atoms with Crippen LogP contribution >= 0.6 is 11.3 Å². The molecule has 0 saturated carbocycles. The summed E-state index contributed by atoms with van der Waals surface area (Å²) in [6.45, 7) is 2.54. The zero-order valence-corrected chi connectivity index (χ0v) is 15.0. The molecule has 2 heterocycles. The molecule has 126 valence electrons. The lowest BCUT2D eigenvalue weighted by molar-refractivity contribution is 0.366. The molecule has 3 rings (SSSR count). The van der Waals surface area contributed by atoms with Crippen molar-refractivity contribution in [1.82, 2.24) is 4.31 Å². The third kappa shape index (κ3) is 3.95. The molecule has 0 unspecified atom stereocenters. The third-order valence-corrected chi connectivity index (χ3v) is 6.50. The molecule has 0 bridgehead atoms. The summed E-state index contributed by atoms with van der Waals surface area (Å²) in [6, 6.07) is 14.6. The zero-order chi connectivity index (χ0) is 17.0. The molecule has 0 atom stereocenters. The van der Waals surface area contributed by atoms with Crippen LogP contribution in [-0.4, -0.2) is 19.3 Å². The highest BCUT2D eigenvalue weighted by Gasteiger charge is 2.25. The lowest BCUT2D eigenvalue weighted by atomic mass is 10.2. The molecular formula is C18H19NO3S2. The van der Waals surface area contributed by atoms with E-state index in [2.05, 4.69) is 0 Å². The maximum atomic E-state index is 13.1. The van der Waals surface area contributed by atoms with E-state index in [9.17, 15) is 8.42 Å². The molecule has 4 nitrogen and oxygen atoms in total. The maximum Gasteiger partial charge on any atom is 0.243 e. The summed E-state index contributed by atoms with van der Waals surface area (Å²) in [7, 11) is -3.57. The van der Waals surface area contributed by atoms with Crippen molar-refractivity contribution in [3.63, 3.8) is 0 Å². The van der Waals surface area contributed by atoms with Gasteiger partial charge in [-0.25, -0.2) is 8.42 Å². The highest BCUT2D eigenvalue weighted by Crippen LogP contribution is 2.21. The number of hydrogen-bond acceptors (Lipinski definition) is 4. The standard InChI is InChI=1S/C18H19NO3S2/c1-15-5-2-8-18(13-15)24(20,21)19(14-16-6-3-11-22-16)10-9-17-7-4-12-23-17/h2-8,11-13H,9-10,14H2,1H3. The fourth-order valence-electron chi connectivity index (χ4n) is 2.48. The average molecular weight is 361 g/mol. The first-order chi connectivity index (χ1) is 11.6. The van der Waals surface area contributed by atoms with Crippen molar-refractivity contribution in [2.24, 2.45) is 0 Å². The number of benzene rings is 1. The van der Waals surface area contributed by atoms with Crippen molar-refractivity contribution >= 4 is 21.4 Å². The van der Waals surface area contributed by atoms with Crippen molar-refractivity contribution in [3.8, 4) is 0 Å². The van der Waals surface area contributed by atoms with Gasteiger partial charge in [-0.1, -0.05) is 18.2 Å². The summed E-state index contributed by atoms with van der Waals surface area (Å²) in [5.41, 5.74) is 0.923. The summed E-state index contributed by atoms with van der Waals surface area (Å²) < 4.78 is 33.0. The van der Waals surface area contributed by atoms with Crippen LogP contribution in [0.25, 0.3) is 0 Å². The molecule has 24 heavy (non-hydrogen) atoms. The molecule has 0 radical (unpaired) electrons. The normalized spacial score (nSPS) is 11.9. The Morgan fingerprint density at radius 1 is 1.12 bits per heavy atom. The van der Waals surface area contributed by atoms with Gasteiger partial charge < -0.3 is 4.42 Å². The van der Waals surface area contributed by atoms with Gasteiger partial charge in [-0.3, -0.25) is 0 Å². The quantitative estimate of drug-likeness (QED) is 0.637. The molecule has 0 aliphatic heterocycles. The lowest BCUT2D eigenvalue weighted by Gasteiger charge is -2.21. The second-order valence-electron chi connectivity index (χ2n) is 5.56. The smallest absolute Gasteiger partial charge is 0.243 e. The molecular weight excluding hydrogens is 342 g/mol. The summed E-state index contributed by atoms with van der Waals surface area (Å²) in [4.78, 5) is 1.49. The van der Waals surface area contributed by atoms with Gasteiger partial charge in [-0.05, 0) is 54.6 Å². The predicted molar refractivity (Wildman–Crippen MR) is 95.5 cm³/mol. The highest BCUT2D eigenvalue weighted by molar-refractivity contribution is 7.89. The second kappa shape index (κ2) is 7.34. The SMILES string of the molecule is Cc1cccc(S(=O)(=O)N(CCc2cccs2)Cc2ccco2)c1. The van der Waals surface area contributed by atoms with Gasteiger partial charge in [-0.2, -0.15) is 4.31 Å². The number of hydrogen-bond donors (Lipinski definition) is 0. The minimum absolute atomic E-state index is 0.231. The minimum atomic E-state index is -3.57. The van der Waals surface area contributed by atoms with Crippen LogP contribution in [0.5, 0.6) is 0 Å². The zero-order valence-electron chi connectivity index (χ0n) is 13.4. The first-order valence-corrected chi connectivity index (χ1v) is 9.99. The number of thiophene rings is 1. The molecule has 0 N–H and O–H groups in total. The van der Waals surface area contributed by atoms with Gasteiger partial charge in [0.05, 0.1) is 17.7 Å². The Labute approximate surface area is 146 Å². The van der Waals surface area contributed by atoms with E-state index in [1.807, 2.05) is 30.5 Å². The largest absolute Gasteiger partial charge is 0.468 e. The minimum Gasteiger partial charge on any atom is -0.468 e. The number of nitrogens with zero attached hydrogens (tertiary/aromatic N) is 1. The van der Waals surface area contributed by atoms with Gasteiger partial charge in [0.2, 0.25) is 10.0 Å². The molecule has 0 spiro atoms. The van der Waals surface area contributed by atoms with Gasteiger partial charge in [0, 0.05) is 11.4 Å². The van der Waals surface area contributed by atoms with Crippen LogP contribution in [0.1, 0.15) is 16.2 Å². The monoisotopic (exact) mass is 361 g/mol. The first kappa shape index (κ1) is 17.0. The van der Waals surface area contributed by atoms with Crippen LogP contribution in [-0.2, 0) is 23.0 Å². The van der Waals surface area contributed by atoms with Crippen LogP contribution in [0.15, 0.2) is 69.5 Å². The summed E-state index contributed by atoms with van der Waals surface area (Å²) >= 11 is 1.64. The Morgan fingerprint density at radius 2 is 2.00 bits per heavy atom. The summed E-state index contributed by atoms with van der Waals surface area (Å²) in [6.07, 6.45) is 2.25. The van der Waals surface area contributed by atoms with Crippen molar-refractivity contribution in [3.05, 3.63) is 76.4 Å². The number of sulfonamides is 1. The Bertz CT molecular complexity index is 869. The third-order valence-electron chi connectivity index (χ3n) is 3.73. The average Bonchev–Trinajstić information content (AvgIpc) is 3.25. The van der Waals surface area contributed by atoms with E-state index in [-0.39, 0.29) is 6.54 Å². The van der Waals surface area contributed by atoms with E-state index in [4.69, 9.17) is 4.42 Å². The van der Waals surface area contributed by atoms with Gasteiger partial charge in [0.1, 0.15) is 5.76 Å².